The quantitative estimate of drug-likeness (QED) is 0.630. The molecule has 1 aromatic rings. The third-order valence-electron chi connectivity index (χ3n) is 2.28. The lowest BCUT2D eigenvalue weighted by molar-refractivity contribution is -0.139. The largest absolute Gasteiger partial charge is 0.645 e. The van der Waals surface area contributed by atoms with E-state index in [-0.39, 0.29) is 12.2 Å². The summed E-state index contributed by atoms with van der Waals surface area (Å²) in [5.74, 6) is -2.56. The molecule has 0 aromatic carbocycles. The fraction of sp³-hybridized carbons (Fsp3) is 0.300. The van der Waals surface area contributed by atoms with E-state index in [4.69, 9.17) is 10.2 Å². The van der Waals surface area contributed by atoms with Gasteiger partial charge in [-0.25, -0.2) is 9.78 Å². The lowest BCUT2D eigenvalue weighted by atomic mass is 10.1. The van der Waals surface area contributed by atoms with Crippen LogP contribution in [0.5, 0.6) is 0 Å². The first-order chi connectivity index (χ1) is 8.93. The van der Waals surface area contributed by atoms with Crippen molar-refractivity contribution in [2.24, 2.45) is 0 Å². The Bertz CT molecular complexity index is 480. The predicted molar refractivity (Wildman–Crippen MR) is 64.8 cm³/mol. The Morgan fingerprint density at radius 2 is 2.05 bits per heavy atom. The van der Waals surface area contributed by atoms with Crippen LogP contribution in [-0.2, 0) is 14.2 Å². The highest BCUT2D eigenvalue weighted by Gasteiger charge is 2.40. The molecule has 102 valence electrons. The van der Waals surface area contributed by atoms with Crippen molar-refractivity contribution in [3.63, 3.8) is 0 Å². The Hall–Kier alpha value is -2.05. The Labute approximate surface area is 109 Å². The molecule has 0 radical (unpaired) electrons. The summed E-state index contributed by atoms with van der Waals surface area (Å²) in [5, 5.41) is 17.6. The van der Waals surface area contributed by atoms with E-state index < -0.39 is 32.6 Å². The molecule has 1 aromatic heterocycles. The van der Waals surface area contributed by atoms with Crippen molar-refractivity contribution in [1.29, 1.82) is 0 Å². The maximum atomic E-state index is 11.3. The van der Waals surface area contributed by atoms with E-state index in [1.54, 1.807) is 6.07 Å². The lowest BCUT2D eigenvalue weighted by Crippen LogP contribution is -2.37. The molecule has 9 heteroatoms. The van der Waals surface area contributed by atoms with Gasteiger partial charge in [0.05, 0.1) is 0 Å². The topological polar surface area (TPSA) is 128 Å². The average Bonchev–Trinajstić information content (AvgIpc) is 2.34. The number of carbonyl (C=O) groups is 2. The average molecular weight is 287 g/mol. The predicted octanol–water partition coefficient (Wildman–Crippen LogP) is 0.856. The first-order valence-electron chi connectivity index (χ1n) is 5.24. The van der Waals surface area contributed by atoms with E-state index >= 15 is 0 Å². The molecule has 0 saturated heterocycles. The summed E-state index contributed by atoms with van der Waals surface area (Å²) in [6.45, 7) is 0. The molecule has 0 aliphatic heterocycles. The minimum absolute atomic E-state index is 0.00361. The molecule has 0 aliphatic carbocycles. The van der Waals surface area contributed by atoms with Gasteiger partial charge in [-0.3, -0.25) is 4.79 Å². The summed E-state index contributed by atoms with van der Waals surface area (Å²) in [7, 11) is -3.00. The van der Waals surface area contributed by atoms with Gasteiger partial charge in [-0.05, 0) is 23.1 Å². The first-order valence-corrected chi connectivity index (χ1v) is 6.41. The lowest BCUT2D eigenvalue weighted by Gasteiger charge is -2.17. The first kappa shape index (κ1) is 15.0. The van der Waals surface area contributed by atoms with Crippen molar-refractivity contribution >= 4 is 25.9 Å². The van der Waals surface area contributed by atoms with Crippen LogP contribution in [0.15, 0.2) is 24.4 Å². The van der Waals surface area contributed by atoms with Crippen molar-refractivity contribution in [3.8, 4) is 0 Å². The van der Waals surface area contributed by atoms with Gasteiger partial charge in [0.1, 0.15) is 0 Å². The maximum Gasteiger partial charge on any atom is 0.645 e. The zero-order valence-electron chi connectivity index (χ0n) is 9.71. The SMILES string of the molecule is O=C(O)CCC(C(=O)O)N(c1ccccn1)[P+](=O)O. The number of anilines is 1. The van der Waals surface area contributed by atoms with Crippen LogP contribution >= 0.6 is 8.18 Å². The summed E-state index contributed by atoms with van der Waals surface area (Å²) in [4.78, 5) is 34.7. The molecular weight excluding hydrogens is 275 g/mol. The molecule has 2 atom stereocenters. The van der Waals surface area contributed by atoms with E-state index in [0.29, 0.717) is 4.67 Å². The van der Waals surface area contributed by atoms with E-state index in [1.165, 1.54) is 18.3 Å². The summed E-state index contributed by atoms with van der Waals surface area (Å²) < 4.78 is 12.0. The van der Waals surface area contributed by atoms with Crippen LogP contribution < -0.4 is 4.67 Å². The molecule has 0 saturated carbocycles. The molecule has 0 spiro atoms. The number of carboxylic acids is 2. The van der Waals surface area contributed by atoms with Crippen LogP contribution in [0.1, 0.15) is 12.8 Å². The van der Waals surface area contributed by atoms with Gasteiger partial charge in [-0.1, -0.05) is 6.07 Å². The highest BCUT2D eigenvalue weighted by Crippen LogP contribution is 2.32. The van der Waals surface area contributed by atoms with Crippen LogP contribution in [0.4, 0.5) is 5.82 Å². The third kappa shape index (κ3) is 4.27. The molecule has 0 amide bonds. The number of carboxylic acid groups (broad SMARTS) is 2. The number of hydrogen-bond acceptors (Lipinski definition) is 4. The van der Waals surface area contributed by atoms with Crippen molar-refractivity contribution < 1.29 is 29.3 Å². The number of hydrogen-bond donors (Lipinski definition) is 3. The van der Waals surface area contributed by atoms with Gasteiger partial charge < -0.3 is 10.2 Å². The molecule has 0 fully saturated rings. The second kappa shape index (κ2) is 6.77. The number of nitrogens with zero attached hydrogens (tertiary/aromatic N) is 2. The van der Waals surface area contributed by atoms with Crippen molar-refractivity contribution in [3.05, 3.63) is 24.4 Å². The standard InChI is InChI=1S/C10H11N2O6P/c13-9(14)5-4-7(10(15)16)12(19(17)18)8-3-1-2-6-11-8/h1-3,6-7H,4-5H2,(H2-,13,14,15,16,17,18)/p+1. The van der Waals surface area contributed by atoms with E-state index in [9.17, 15) is 19.0 Å². The van der Waals surface area contributed by atoms with Gasteiger partial charge in [0.2, 0.25) is 0 Å². The molecule has 8 nitrogen and oxygen atoms in total. The van der Waals surface area contributed by atoms with Gasteiger partial charge in [0, 0.05) is 12.6 Å². The van der Waals surface area contributed by atoms with Crippen LogP contribution in [0, 0.1) is 0 Å². The van der Waals surface area contributed by atoms with Crippen LogP contribution in [0.25, 0.3) is 0 Å². The molecule has 0 bridgehead atoms. The van der Waals surface area contributed by atoms with E-state index in [2.05, 4.69) is 4.98 Å². The Kier molecular flexibility index (Phi) is 5.35. The fourth-order valence-corrected chi connectivity index (χ4v) is 2.21. The normalized spacial score (nSPS) is 12.6. The summed E-state index contributed by atoms with van der Waals surface area (Å²) in [5.41, 5.74) is 0. The molecule has 19 heavy (non-hydrogen) atoms. The molecule has 3 N–H and O–H groups in total. The second-order valence-corrected chi connectivity index (χ2v) is 4.51. The third-order valence-corrected chi connectivity index (χ3v) is 3.13. The van der Waals surface area contributed by atoms with Crippen LogP contribution in [0.3, 0.4) is 0 Å². The van der Waals surface area contributed by atoms with Gasteiger partial charge in [-0.2, -0.15) is 0 Å². The van der Waals surface area contributed by atoms with Gasteiger partial charge in [0.15, 0.2) is 11.9 Å². The highest BCUT2D eigenvalue weighted by molar-refractivity contribution is 7.40. The number of pyridine rings is 1. The molecule has 2 unspecified atom stereocenters. The summed E-state index contributed by atoms with van der Waals surface area (Å²) in [6.07, 6.45) is 0.615. The van der Waals surface area contributed by atoms with Crippen LogP contribution in [-0.4, -0.2) is 38.1 Å². The fourth-order valence-electron chi connectivity index (χ4n) is 1.47. The smallest absolute Gasteiger partial charge is 0.481 e. The number of aliphatic carboxylic acids is 2. The molecular formula is C10H12N2O6P+. The van der Waals surface area contributed by atoms with Gasteiger partial charge in [0.25, 0.3) is 0 Å². The zero-order valence-corrected chi connectivity index (χ0v) is 10.6. The monoisotopic (exact) mass is 287 g/mol. The minimum Gasteiger partial charge on any atom is -0.481 e. The van der Waals surface area contributed by atoms with Crippen LogP contribution in [0.2, 0.25) is 0 Å². The Morgan fingerprint density at radius 1 is 1.37 bits per heavy atom. The van der Waals surface area contributed by atoms with Crippen molar-refractivity contribution in [1.82, 2.24) is 4.98 Å². The number of aromatic nitrogens is 1. The molecule has 1 heterocycles. The summed E-state index contributed by atoms with van der Waals surface area (Å²) >= 11 is 0. The molecule has 0 aliphatic rings. The Morgan fingerprint density at radius 3 is 2.47 bits per heavy atom. The highest BCUT2D eigenvalue weighted by atomic mass is 31.1. The number of rotatable bonds is 7. The second-order valence-electron chi connectivity index (χ2n) is 3.57. The van der Waals surface area contributed by atoms with Gasteiger partial charge >= 0.3 is 20.1 Å². The van der Waals surface area contributed by atoms with Crippen molar-refractivity contribution in [2.75, 3.05) is 4.67 Å². The summed E-state index contributed by atoms with van der Waals surface area (Å²) in [6, 6.07) is 3.04. The maximum absolute atomic E-state index is 11.3. The van der Waals surface area contributed by atoms with E-state index in [1.807, 2.05) is 0 Å². The molecule has 1 rings (SSSR count). The minimum atomic E-state index is -3.00. The van der Waals surface area contributed by atoms with Crippen molar-refractivity contribution in [2.45, 2.75) is 18.9 Å². The van der Waals surface area contributed by atoms with Gasteiger partial charge in [-0.15, -0.1) is 9.56 Å². The van der Waals surface area contributed by atoms with E-state index in [0.717, 1.165) is 0 Å². The Balaban J connectivity index is 3.03. The zero-order chi connectivity index (χ0) is 14.4.